The molecule has 0 bridgehead atoms. The molecule has 1 atom stereocenters. The van der Waals surface area contributed by atoms with E-state index in [-0.39, 0.29) is 12.8 Å². The Bertz CT molecular complexity index is 480. The standard InChI is InChI=1S/C16H19NO2/c1-13(17)15-7-9-16(10-8-15)19-12-18-11-14-5-3-2-4-6-14/h2-10,13H,11-12,17H2,1H3/t13-/m1/s1. The lowest BCUT2D eigenvalue weighted by atomic mass is 10.1. The summed E-state index contributed by atoms with van der Waals surface area (Å²) in [6.45, 7) is 2.75. The maximum absolute atomic E-state index is 5.78. The molecule has 2 rings (SSSR count). The fourth-order valence-electron chi connectivity index (χ4n) is 1.71. The highest BCUT2D eigenvalue weighted by Crippen LogP contribution is 2.16. The first kappa shape index (κ1) is 13.6. The van der Waals surface area contributed by atoms with Crippen LogP contribution in [0.15, 0.2) is 54.6 Å². The Balaban J connectivity index is 1.74. The Morgan fingerprint density at radius 2 is 1.68 bits per heavy atom. The first-order valence-electron chi connectivity index (χ1n) is 6.36. The Morgan fingerprint density at radius 1 is 1.00 bits per heavy atom. The molecule has 3 nitrogen and oxygen atoms in total. The molecule has 2 aromatic carbocycles. The van der Waals surface area contributed by atoms with Gasteiger partial charge in [0.1, 0.15) is 5.75 Å². The second-order valence-corrected chi connectivity index (χ2v) is 4.45. The molecule has 0 saturated heterocycles. The minimum absolute atomic E-state index is 0.0448. The molecule has 0 aliphatic heterocycles. The van der Waals surface area contributed by atoms with Crippen LogP contribution in [0.1, 0.15) is 24.1 Å². The fraction of sp³-hybridized carbons (Fsp3) is 0.250. The summed E-state index contributed by atoms with van der Waals surface area (Å²) < 4.78 is 11.0. The normalized spacial score (nSPS) is 12.1. The molecular weight excluding hydrogens is 238 g/mol. The van der Waals surface area contributed by atoms with Crippen molar-refractivity contribution in [2.75, 3.05) is 6.79 Å². The molecule has 2 aromatic rings. The van der Waals surface area contributed by atoms with Gasteiger partial charge < -0.3 is 15.2 Å². The van der Waals surface area contributed by atoms with Gasteiger partial charge in [-0.05, 0) is 30.2 Å². The summed E-state index contributed by atoms with van der Waals surface area (Å²) in [5.74, 6) is 0.789. The average Bonchev–Trinajstić information content (AvgIpc) is 2.45. The van der Waals surface area contributed by atoms with E-state index in [1.54, 1.807) is 0 Å². The number of hydrogen-bond acceptors (Lipinski definition) is 3. The molecule has 0 fully saturated rings. The molecule has 0 aliphatic carbocycles. The summed E-state index contributed by atoms with van der Waals surface area (Å²) in [7, 11) is 0. The van der Waals surface area contributed by atoms with Crippen molar-refractivity contribution in [3.63, 3.8) is 0 Å². The third-order valence-corrected chi connectivity index (χ3v) is 2.83. The van der Waals surface area contributed by atoms with E-state index in [1.165, 1.54) is 0 Å². The molecule has 0 aliphatic rings. The predicted molar refractivity (Wildman–Crippen MR) is 75.8 cm³/mol. The zero-order valence-electron chi connectivity index (χ0n) is 11.1. The SMILES string of the molecule is C[C@@H](N)c1ccc(OCOCc2ccccc2)cc1. The first-order chi connectivity index (χ1) is 9.25. The van der Waals surface area contributed by atoms with E-state index in [0.717, 1.165) is 16.9 Å². The number of rotatable bonds is 6. The molecule has 0 spiro atoms. The van der Waals surface area contributed by atoms with Crippen molar-refractivity contribution in [2.24, 2.45) is 5.73 Å². The van der Waals surface area contributed by atoms with Gasteiger partial charge in [0.25, 0.3) is 0 Å². The summed E-state index contributed by atoms with van der Waals surface area (Å²) in [4.78, 5) is 0. The van der Waals surface area contributed by atoms with Crippen molar-refractivity contribution in [3.8, 4) is 5.75 Å². The summed E-state index contributed by atoms with van der Waals surface area (Å²) in [5, 5.41) is 0. The monoisotopic (exact) mass is 257 g/mol. The summed E-state index contributed by atoms with van der Waals surface area (Å²) in [5.41, 5.74) is 8.02. The topological polar surface area (TPSA) is 44.5 Å². The van der Waals surface area contributed by atoms with E-state index in [0.29, 0.717) is 6.61 Å². The Hall–Kier alpha value is -1.84. The van der Waals surface area contributed by atoms with Crippen LogP contribution in [-0.2, 0) is 11.3 Å². The van der Waals surface area contributed by atoms with E-state index in [4.69, 9.17) is 15.2 Å². The molecule has 3 heteroatoms. The minimum Gasteiger partial charge on any atom is -0.468 e. The molecule has 0 amide bonds. The number of ether oxygens (including phenoxy) is 2. The highest BCUT2D eigenvalue weighted by atomic mass is 16.7. The second-order valence-electron chi connectivity index (χ2n) is 4.45. The van der Waals surface area contributed by atoms with Crippen LogP contribution in [0.5, 0.6) is 5.75 Å². The van der Waals surface area contributed by atoms with E-state index in [9.17, 15) is 0 Å². The quantitative estimate of drug-likeness (QED) is 0.638. The van der Waals surface area contributed by atoms with Crippen molar-refractivity contribution in [2.45, 2.75) is 19.6 Å². The molecule has 0 aromatic heterocycles. The largest absolute Gasteiger partial charge is 0.468 e. The number of benzene rings is 2. The van der Waals surface area contributed by atoms with E-state index in [2.05, 4.69) is 0 Å². The van der Waals surface area contributed by atoms with Crippen LogP contribution in [0, 0.1) is 0 Å². The maximum atomic E-state index is 5.78. The summed E-state index contributed by atoms with van der Waals surface area (Å²) in [6, 6.07) is 17.8. The van der Waals surface area contributed by atoms with Gasteiger partial charge in [-0.25, -0.2) is 0 Å². The zero-order valence-corrected chi connectivity index (χ0v) is 11.1. The highest BCUT2D eigenvalue weighted by Gasteiger charge is 1.99. The van der Waals surface area contributed by atoms with Gasteiger partial charge in [-0.3, -0.25) is 0 Å². The van der Waals surface area contributed by atoms with Crippen LogP contribution in [-0.4, -0.2) is 6.79 Å². The molecule has 19 heavy (non-hydrogen) atoms. The molecule has 0 saturated carbocycles. The smallest absolute Gasteiger partial charge is 0.189 e. The van der Waals surface area contributed by atoms with Crippen LogP contribution in [0.25, 0.3) is 0 Å². The number of nitrogens with two attached hydrogens (primary N) is 1. The van der Waals surface area contributed by atoms with Gasteiger partial charge in [0.15, 0.2) is 6.79 Å². The second kappa shape index (κ2) is 6.92. The van der Waals surface area contributed by atoms with Gasteiger partial charge in [-0.15, -0.1) is 0 Å². The molecule has 0 radical (unpaired) electrons. The van der Waals surface area contributed by atoms with Crippen LogP contribution in [0.2, 0.25) is 0 Å². The van der Waals surface area contributed by atoms with Crippen molar-refractivity contribution >= 4 is 0 Å². The van der Waals surface area contributed by atoms with Crippen molar-refractivity contribution in [3.05, 3.63) is 65.7 Å². The Morgan fingerprint density at radius 3 is 2.32 bits per heavy atom. The predicted octanol–water partition coefficient (Wildman–Crippen LogP) is 3.26. The summed E-state index contributed by atoms with van der Waals surface area (Å²) >= 11 is 0. The van der Waals surface area contributed by atoms with Crippen LogP contribution >= 0.6 is 0 Å². The Kier molecular flexibility index (Phi) is 4.95. The first-order valence-corrected chi connectivity index (χ1v) is 6.36. The van der Waals surface area contributed by atoms with Crippen molar-refractivity contribution in [1.29, 1.82) is 0 Å². The van der Waals surface area contributed by atoms with Gasteiger partial charge in [0.2, 0.25) is 0 Å². The third-order valence-electron chi connectivity index (χ3n) is 2.83. The molecular formula is C16H19NO2. The lowest BCUT2D eigenvalue weighted by molar-refractivity contribution is 0.00504. The van der Waals surface area contributed by atoms with Gasteiger partial charge in [-0.2, -0.15) is 0 Å². The maximum Gasteiger partial charge on any atom is 0.189 e. The van der Waals surface area contributed by atoms with Gasteiger partial charge in [0.05, 0.1) is 6.61 Å². The summed E-state index contributed by atoms with van der Waals surface area (Å²) in [6.07, 6.45) is 0. The van der Waals surface area contributed by atoms with E-state index in [1.807, 2.05) is 61.5 Å². The highest BCUT2D eigenvalue weighted by molar-refractivity contribution is 5.28. The van der Waals surface area contributed by atoms with Crippen molar-refractivity contribution in [1.82, 2.24) is 0 Å². The lowest BCUT2D eigenvalue weighted by Crippen LogP contribution is -2.05. The van der Waals surface area contributed by atoms with Crippen LogP contribution in [0.3, 0.4) is 0 Å². The van der Waals surface area contributed by atoms with Crippen molar-refractivity contribution < 1.29 is 9.47 Å². The molecule has 0 unspecified atom stereocenters. The Labute approximate surface area is 114 Å². The van der Waals surface area contributed by atoms with Gasteiger partial charge in [0, 0.05) is 6.04 Å². The van der Waals surface area contributed by atoms with Gasteiger partial charge in [-0.1, -0.05) is 42.5 Å². The minimum atomic E-state index is 0.0448. The van der Waals surface area contributed by atoms with E-state index >= 15 is 0 Å². The molecule has 2 N–H and O–H groups in total. The van der Waals surface area contributed by atoms with E-state index < -0.39 is 0 Å². The van der Waals surface area contributed by atoms with Crippen LogP contribution in [0.4, 0.5) is 0 Å². The molecule has 100 valence electrons. The molecule has 0 heterocycles. The number of hydrogen-bond donors (Lipinski definition) is 1. The average molecular weight is 257 g/mol. The lowest BCUT2D eigenvalue weighted by Gasteiger charge is -2.09. The zero-order chi connectivity index (χ0) is 13.5. The third kappa shape index (κ3) is 4.39. The van der Waals surface area contributed by atoms with Gasteiger partial charge >= 0.3 is 0 Å². The fourth-order valence-corrected chi connectivity index (χ4v) is 1.71. The van der Waals surface area contributed by atoms with Crippen LogP contribution < -0.4 is 10.5 Å².